The number of hydrogen-bond acceptors (Lipinski definition) is 2. The third-order valence-corrected chi connectivity index (χ3v) is 8.08. The molecule has 5 aromatic carbocycles. The van der Waals surface area contributed by atoms with Crippen molar-refractivity contribution in [2.45, 2.75) is 12.6 Å². The Balaban J connectivity index is 1.34. The Bertz CT molecular complexity index is 2130. The second kappa shape index (κ2) is 9.71. The van der Waals surface area contributed by atoms with Gasteiger partial charge < -0.3 is 9.15 Å². The van der Waals surface area contributed by atoms with Crippen molar-refractivity contribution in [2.24, 2.45) is 0 Å². The van der Waals surface area contributed by atoms with Crippen LogP contribution in [-0.2, 0) is 0 Å². The number of benzene rings is 5. The number of furan rings is 1. The second-order valence-corrected chi connectivity index (χ2v) is 10.7. The second-order valence-electron chi connectivity index (χ2n) is 10.7. The first-order valence-electron chi connectivity index (χ1n) is 14.0. The van der Waals surface area contributed by atoms with Crippen LogP contribution in [0, 0.1) is 5.82 Å². The lowest BCUT2D eigenvalue weighted by atomic mass is 9.89. The highest BCUT2D eigenvalue weighted by molar-refractivity contribution is 6.08. The topological polar surface area (TPSA) is 22.4 Å². The van der Waals surface area contributed by atoms with Gasteiger partial charge in [-0.25, -0.2) is 8.78 Å². The Morgan fingerprint density at radius 1 is 0.667 bits per heavy atom. The van der Waals surface area contributed by atoms with Gasteiger partial charge in [-0.15, -0.1) is 0 Å². The summed E-state index contributed by atoms with van der Waals surface area (Å²) in [6.07, 6.45) is 8.74. The molecule has 2 aliphatic rings. The maximum absolute atomic E-state index is 15.2. The van der Waals surface area contributed by atoms with Crippen LogP contribution in [0.2, 0.25) is 0 Å². The van der Waals surface area contributed by atoms with Crippen LogP contribution in [-0.4, -0.2) is 6.17 Å². The van der Waals surface area contributed by atoms with Gasteiger partial charge in [0, 0.05) is 39.4 Å². The Morgan fingerprint density at radius 2 is 1.40 bits per heavy atom. The van der Waals surface area contributed by atoms with E-state index in [1.807, 2.05) is 97.1 Å². The van der Waals surface area contributed by atoms with Crippen LogP contribution < -0.4 is 4.74 Å². The van der Waals surface area contributed by atoms with E-state index < -0.39 is 6.17 Å². The van der Waals surface area contributed by atoms with Crippen molar-refractivity contribution in [2.75, 3.05) is 0 Å². The normalized spacial score (nSPS) is 15.7. The monoisotopic (exact) mass is 550 g/mol. The minimum absolute atomic E-state index is 0.310. The first kappa shape index (κ1) is 24.6. The zero-order chi connectivity index (χ0) is 28.2. The molecule has 0 N–H and O–H groups in total. The van der Waals surface area contributed by atoms with Crippen LogP contribution in [0.1, 0.15) is 23.1 Å². The maximum atomic E-state index is 15.2. The lowest BCUT2D eigenvalue weighted by Gasteiger charge is -2.19. The molecule has 1 aliphatic carbocycles. The van der Waals surface area contributed by atoms with Crippen molar-refractivity contribution in [1.82, 2.24) is 0 Å². The lowest BCUT2D eigenvalue weighted by Crippen LogP contribution is -2.05. The summed E-state index contributed by atoms with van der Waals surface area (Å²) in [6, 6.07) is 30.5. The molecule has 4 heteroatoms. The molecule has 1 atom stereocenters. The largest absolute Gasteiger partial charge is 0.452 e. The first-order valence-corrected chi connectivity index (χ1v) is 14.0. The molecule has 0 bridgehead atoms. The number of halogens is 2. The summed E-state index contributed by atoms with van der Waals surface area (Å²) in [4.78, 5) is 0. The third-order valence-electron chi connectivity index (χ3n) is 8.08. The van der Waals surface area contributed by atoms with Gasteiger partial charge in [-0.05, 0) is 58.7 Å². The van der Waals surface area contributed by atoms with Crippen LogP contribution in [0.4, 0.5) is 8.78 Å². The van der Waals surface area contributed by atoms with E-state index in [9.17, 15) is 0 Å². The molecule has 8 rings (SSSR count). The van der Waals surface area contributed by atoms with Crippen LogP contribution >= 0.6 is 0 Å². The fourth-order valence-corrected chi connectivity index (χ4v) is 6.00. The van der Waals surface area contributed by atoms with Gasteiger partial charge in [0.25, 0.3) is 0 Å². The molecule has 0 spiro atoms. The molecule has 0 unspecified atom stereocenters. The number of hydrogen-bond donors (Lipinski definition) is 0. The van der Waals surface area contributed by atoms with Crippen molar-refractivity contribution >= 4 is 39.7 Å². The van der Waals surface area contributed by atoms with Crippen molar-refractivity contribution in [3.8, 4) is 33.8 Å². The Kier molecular flexibility index (Phi) is 5.68. The fraction of sp³-hybridized carbons (Fsp3) is 0.0526. The predicted octanol–water partition coefficient (Wildman–Crippen LogP) is 11.0. The smallest absolute Gasteiger partial charge is 0.178 e. The van der Waals surface area contributed by atoms with E-state index in [4.69, 9.17) is 9.15 Å². The highest BCUT2D eigenvalue weighted by Gasteiger charge is 2.23. The molecule has 0 saturated heterocycles. The molecule has 0 fully saturated rings. The summed E-state index contributed by atoms with van der Waals surface area (Å²) >= 11 is 0. The SMILES string of the molecule is Fc1ccccc1-c1cc(C2=CC=CC[C@@H]2F)cc(-c2cccc3c2Oc2c(ccc4c2oc2ccccc24)C=C3)c1. The van der Waals surface area contributed by atoms with Gasteiger partial charge >= 0.3 is 0 Å². The molecule has 42 heavy (non-hydrogen) atoms. The van der Waals surface area contributed by atoms with Gasteiger partial charge in [0.2, 0.25) is 0 Å². The van der Waals surface area contributed by atoms with E-state index in [0.717, 1.165) is 38.6 Å². The number of para-hydroxylation sites is 2. The lowest BCUT2D eigenvalue weighted by molar-refractivity contribution is 0.414. The zero-order valence-electron chi connectivity index (χ0n) is 22.5. The van der Waals surface area contributed by atoms with Crippen molar-refractivity contribution in [3.63, 3.8) is 0 Å². The van der Waals surface area contributed by atoms with Gasteiger partial charge in [0.1, 0.15) is 23.3 Å². The molecule has 0 amide bonds. The summed E-state index contributed by atoms with van der Waals surface area (Å²) < 4.78 is 43.3. The Labute approximate surface area is 241 Å². The Morgan fingerprint density at radius 3 is 2.26 bits per heavy atom. The molecule has 202 valence electrons. The predicted molar refractivity (Wildman–Crippen MR) is 167 cm³/mol. The average molecular weight is 551 g/mol. The molecule has 6 aromatic rings. The van der Waals surface area contributed by atoms with E-state index in [0.29, 0.717) is 45.8 Å². The van der Waals surface area contributed by atoms with E-state index in [-0.39, 0.29) is 5.82 Å². The van der Waals surface area contributed by atoms with E-state index in [2.05, 4.69) is 6.07 Å². The summed E-state index contributed by atoms with van der Waals surface area (Å²) in [5, 5.41) is 2.01. The highest BCUT2D eigenvalue weighted by atomic mass is 19.1. The van der Waals surface area contributed by atoms with Crippen LogP contribution in [0.3, 0.4) is 0 Å². The minimum Gasteiger partial charge on any atom is -0.452 e. The Hall–Kier alpha value is -5.22. The molecule has 0 saturated carbocycles. The van der Waals surface area contributed by atoms with Crippen LogP contribution in [0.15, 0.2) is 120 Å². The minimum atomic E-state index is -1.14. The molecule has 1 aromatic heterocycles. The molecular weight excluding hydrogens is 526 g/mol. The fourth-order valence-electron chi connectivity index (χ4n) is 6.00. The van der Waals surface area contributed by atoms with Gasteiger partial charge in [-0.1, -0.05) is 91.0 Å². The van der Waals surface area contributed by atoms with Gasteiger partial charge in [-0.2, -0.15) is 0 Å². The molecule has 0 radical (unpaired) electrons. The van der Waals surface area contributed by atoms with E-state index in [1.165, 1.54) is 6.07 Å². The summed E-state index contributed by atoms with van der Waals surface area (Å²) in [5.74, 6) is 0.967. The zero-order valence-corrected chi connectivity index (χ0v) is 22.5. The molecule has 2 nitrogen and oxygen atoms in total. The third kappa shape index (κ3) is 3.99. The summed E-state index contributed by atoms with van der Waals surface area (Å²) in [7, 11) is 0. The van der Waals surface area contributed by atoms with Crippen molar-refractivity contribution in [3.05, 3.63) is 138 Å². The summed E-state index contributed by atoms with van der Waals surface area (Å²) in [6.45, 7) is 0. The van der Waals surface area contributed by atoms with Crippen LogP contribution in [0.25, 0.3) is 61.9 Å². The number of ether oxygens (including phenoxy) is 1. The molecule has 1 aliphatic heterocycles. The highest BCUT2D eigenvalue weighted by Crippen LogP contribution is 2.46. The quantitative estimate of drug-likeness (QED) is 0.218. The average Bonchev–Trinajstić information content (AvgIpc) is 3.29. The van der Waals surface area contributed by atoms with E-state index in [1.54, 1.807) is 18.2 Å². The van der Waals surface area contributed by atoms with Crippen molar-refractivity contribution in [1.29, 1.82) is 0 Å². The standard InChI is InChI=1S/C38H24F2O2/c39-33-13-4-1-9-28(33)25-20-26(29-10-2-5-14-34(29)40)22-27(21-25)30-12-7-8-23-16-17-24-18-19-32-31-11-3-6-15-35(31)41-38(32)37(24)42-36(23)30/h1-13,15-22,34H,14H2/t34-/m0/s1. The van der Waals surface area contributed by atoms with Gasteiger partial charge in [0.05, 0.1) is 0 Å². The maximum Gasteiger partial charge on any atom is 0.178 e. The number of fused-ring (bicyclic) bond motifs is 6. The molecule has 2 heterocycles. The molecular formula is C38H24F2O2. The summed E-state index contributed by atoms with van der Waals surface area (Å²) in [5.41, 5.74) is 7.32. The van der Waals surface area contributed by atoms with Crippen molar-refractivity contribution < 1.29 is 17.9 Å². The number of rotatable bonds is 3. The number of alkyl halides is 1. The van der Waals surface area contributed by atoms with Gasteiger partial charge in [0.15, 0.2) is 11.3 Å². The van der Waals surface area contributed by atoms with E-state index >= 15 is 8.78 Å². The number of allylic oxidation sites excluding steroid dienone is 4. The van der Waals surface area contributed by atoms with Gasteiger partial charge in [-0.3, -0.25) is 0 Å². The first-order chi connectivity index (χ1) is 20.6. The van der Waals surface area contributed by atoms with Crippen LogP contribution in [0.5, 0.6) is 11.5 Å².